The highest BCUT2D eigenvalue weighted by Crippen LogP contribution is 2.28. The van der Waals surface area contributed by atoms with Crippen LogP contribution in [0.2, 0.25) is 0 Å². The van der Waals surface area contributed by atoms with Gasteiger partial charge in [0.15, 0.2) is 5.75 Å². The monoisotopic (exact) mass is 285 g/mol. The van der Waals surface area contributed by atoms with Crippen molar-refractivity contribution in [3.8, 4) is 5.75 Å². The second-order valence-electron chi connectivity index (χ2n) is 5.12. The molecule has 110 valence electrons. The van der Waals surface area contributed by atoms with Crippen molar-refractivity contribution in [3.05, 3.63) is 47.0 Å². The molecular formula is C16H19N3O2. The van der Waals surface area contributed by atoms with Crippen LogP contribution in [0.15, 0.2) is 28.7 Å². The van der Waals surface area contributed by atoms with E-state index in [0.717, 1.165) is 39.4 Å². The average molecular weight is 285 g/mol. The number of para-hydroxylation sites is 1. The number of nitrogens with zero attached hydrogens (tertiary/aromatic N) is 2. The molecule has 5 nitrogen and oxygen atoms in total. The molecule has 0 aliphatic carbocycles. The third-order valence-corrected chi connectivity index (χ3v) is 3.77. The van der Waals surface area contributed by atoms with Gasteiger partial charge < -0.3 is 14.9 Å². The zero-order valence-corrected chi connectivity index (χ0v) is 12.5. The van der Waals surface area contributed by atoms with Crippen LogP contribution in [0.25, 0.3) is 11.0 Å². The molecule has 3 rings (SSSR count). The maximum Gasteiger partial charge on any atom is 0.163 e. The number of benzene rings is 1. The van der Waals surface area contributed by atoms with Gasteiger partial charge in [0.05, 0.1) is 12.2 Å². The first-order valence-electron chi connectivity index (χ1n) is 6.94. The molecule has 0 unspecified atom stereocenters. The number of ether oxygens (including phenoxy) is 1. The van der Waals surface area contributed by atoms with Crippen molar-refractivity contribution in [2.45, 2.75) is 27.0 Å². The van der Waals surface area contributed by atoms with Crippen molar-refractivity contribution in [2.24, 2.45) is 12.8 Å². The highest BCUT2D eigenvalue weighted by Gasteiger charge is 2.16. The number of hydrogen-bond donors (Lipinski definition) is 1. The van der Waals surface area contributed by atoms with Crippen molar-refractivity contribution in [1.29, 1.82) is 0 Å². The van der Waals surface area contributed by atoms with Crippen molar-refractivity contribution < 1.29 is 9.15 Å². The van der Waals surface area contributed by atoms with Crippen LogP contribution in [0, 0.1) is 13.8 Å². The summed E-state index contributed by atoms with van der Waals surface area (Å²) in [5, 5.41) is 5.41. The minimum absolute atomic E-state index is 0.360. The number of aryl methyl sites for hydroxylation is 2. The largest absolute Gasteiger partial charge is 0.485 e. The fourth-order valence-electron chi connectivity index (χ4n) is 2.58. The molecule has 21 heavy (non-hydrogen) atoms. The second-order valence-corrected chi connectivity index (χ2v) is 5.12. The van der Waals surface area contributed by atoms with Gasteiger partial charge in [0.2, 0.25) is 0 Å². The summed E-state index contributed by atoms with van der Waals surface area (Å²) in [6.45, 7) is 4.72. The third-order valence-electron chi connectivity index (χ3n) is 3.77. The van der Waals surface area contributed by atoms with E-state index in [2.05, 4.69) is 5.10 Å². The van der Waals surface area contributed by atoms with Crippen LogP contribution in [-0.4, -0.2) is 9.78 Å². The molecular weight excluding hydrogens is 266 g/mol. The molecule has 0 fully saturated rings. The quantitative estimate of drug-likeness (QED) is 0.800. The number of fused-ring (bicyclic) bond motifs is 1. The van der Waals surface area contributed by atoms with Crippen LogP contribution >= 0.6 is 0 Å². The maximum absolute atomic E-state index is 5.98. The molecule has 0 aliphatic rings. The van der Waals surface area contributed by atoms with E-state index in [-0.39, 0.29) is 0 Å². The minimum atomic E-state index is 0.360. The van der Waals surface area contributed by atoms with Gasteiger partial charge in [-0.25, -0.2) is 0 Å². The highest BCUT2D eigenvalue weighted by atomic mass is 16.5. The Kier molecular flexibility index (Phi) is 3.43. The normalized spacial score (nSPS) is 11.2. The predicted molar refractivity (Wildman–Crippen MR) is 81.1 cm³/mol. The second kappa shape index (κ2) is 5.26. The SMILES string of the molecule is Cc1nn(C)c(C)c1OCc1c(CN)oc2ccccc12. The van der Waals surface area contributed by atoms with Gasteiger partial charge in [0.25, 0.3) is 0 Å². The molecule has 3 aromatic rings. The topological polar surface area (TPSA) is 66.2 Å². The van der Waals surface area contributed by atoms with E-state index in [1.165, 1.54) is 0 Å². The maximum atomic E-state index is 5.98. The molecule has 0 spiro atoms. The molecule has 0 radical (unpaired) electrons. The Morgan fingerprint density at radius 2 is 2.05 bits per heavy atom. The summed E-state index contributed by atoms with van der Waals surface area (Å²) < 4.78 is 13.6. The third kappa shape index (κ3) is 2.29. The predicted octanol–water partition coefficient (Wildman–Crippen LogP) is 2.82. The Bertz CT molecular complexity index is 786. The zero-order chi connectivity index (χ0) is 15.0. The van der Waals surface area contributed by atoms with E-state index in [4.69, 9.17) is 14.9 Å². The van der Waals surface area contributed by atoms with Gasteiger partial charge in [0.1, 0.15) is 23.6 Å². The number of furan rings is 1. The Morgan fingerprint density at radius 3 is 2.71 bits per heavy atom. The summed E-state index contributed by atoms with van der Waals surface area (Å²) in [6, 6.07) is 7.91. The summed E-state index contributed by atoms with van der Waals surface area (Å²) in [4.78, 5) is 0. The molecule has 0 saturated heterocycles. The lowest BCUT2D eigenvalue weighted by Gasteiger charge is -2.07. The molecule has 0 amide bonds. The van der Waals surface area contributed by atoms with Gasteiger partial charge in [-0.05, 0) is 19.9 Å². The molecule has 5 heteroatoms. The lowest BCUT2D eigenvalue weighted by molar-refractivity contribution is 0.299. The van der Waals surface area contributed by atoms with Crippen molar-refractivity contribution >= 4 is 11.0 Å². The van der Waals surface area contributed by atoms with Crippen LogP contribution < -0.4 is 10.5 Å². The zero-order valence-electron chi connectivity index (χ0n) is 12.5. The number of aromatic nitrogens is 2. The van der Waals surface area contributed by atoms with Gasteiger partial charge in [0, 0.05) is 18.0 Å². The van der Waals surface area contributed by atoms with Crippen LogP contribution in [0.5, 0.6) is 5.75 Å². The standard InChI is InChI=1S/C16H19N3O2/c1-10-16(11(2)19(3)18-10)20-9-13-12-6-4-5-7-14(12)21-15(13)8-17/h4-7H,8-9,17H2,1-3H3. The van der Waals surface area contributed by atoms with E-state index in [9.17, 15) is 0 Å². The minimum Gasteiger partial charge on any atom is -0.485 e. The average Bonchev–Trinajstić information content (AvgIpc) is 2.95. The van der Waals surface area contributed by atoms with Gasteiger partial charge in [-0.15, -0.1) is 0 Å². The van der Waals surface area contributed by atoms with Crippen molar-refractivity contribution in [3.63, 3.8) is 0 Å². The molecule has 0 saturated carbocycles. The number of nitrogens with two attached hydrogens (primary N) is 1. The van der Waals surface area contributed by atoms with Gasteiger partial charge in [-0.2, -0.15) is 5.10 Å². The van der Waals surface area contributed by atoms with E-state index in [0.29, 0.717) is 13.2 Å². The molecule has 2 heterocycles. The Morgan fingerprint density at radius 1 is 1.29 bits per heavy atom. The Balaban J connectivity index is 1.94. The van der Waals surface area contributed by atoms with E-state index < -0.39 is 0 Å². The van der Waals surface area contributed by atoms with Crippen molar-refractivity contribution in [1.82, 2.24) is 9.78 Å². The fraction of sp³-hybridized carbons (Fsp3) is 0.312. The molecule has 1 aromatic carbocycles. The summed E-state index contributed by atoms with van der Waals surface area (Å²) in [5.74, 6) is 1.60. The molecule has 0 bridgehead atoms. The van der Waals surface area contributed by atoms with Gasteiger partial charge >= 0.3 is 0 Å². The number of hydrogen-bond acceptors (Lipinski definition) is 4. The summed E-state index contributed by atoms with van der Waals surface area (Å²) in [6.07, 6.45) is 0. The van der Waals surface area contributed by atoms with E-state index in [1.807, 2.05) is 49.8 Å². The lowest BCUT2D eigenvalue weighted by Crippen LogP contribution is -2.03. The van der Waals surface area contributed by atoms with Crippen LogP contribution in [0.1, 0.15) is 22.7 Å². The molecule has 0 atom stereocenters. The summed E-state index contributed by atoms with van der Waals surface area (Å²) in [5.41, 5.74) is 9.53. The van der Waals surface area contributed by atoms with E-state index in [1.54, 1.807) is 0 Å². The first-order chi connectivity index (χ1) is 10.1. The fourth-order valence-corrected chi connectivity index (χ4v) is 2.58. The van der Waals surface area contributed by atoms with Gasteiger partial charge in [-0.3, -0.25) is 4.68 Å². The van der Waals surface area contributed by atoms with Gasteiger partial charge in [-0.1, -0.05) is 18.2 Å². The lowest BCUT2D eigenvalue weighted by atomic mass is 10.1. The first-order valence-corrected chi connectivity index (χ1v) is 6.94. The highest BCUT2D eigenvalue weighted by molar-refractivity contribution is 5.82. The van der Waals surface area contributed by atoms with Crippen LogP contribution in [-0.2, 0) is 20.2 Å². The van der Waals surface area contributed by atoms with Crippen LogP contribution in [0.3, 0.4) is 0 Å². The molecule has 2 aromatic heterocycles. The summed E-state index contributed by atoms with van der Waals surface area (Å²) in [7, 11) is 1.91. The summed E-state index contributed by atoms with van der Waals surface area (Å²) >= 11 is 0. The smallest absolute Gasteiger partial charge is 0.163 e. The van der Waals surface area contributed by atoms with E-state index >= 15 is 0 Å². The first kappa shape index (κ1) is 13.7. The molecule has 2 N–H and O–H groups in total. The Labute approximate surface area is 123 Å². The van der Waals surface area contributed by atoms with Crippen LogP contribution in [0.4, 0.5) is 0 Å². The molecule has 0 aliphatic heterocycles. The Hall–Kier alpha value is -2.27. The van der Waals surface area contributed by atoms with Crippen molar-refractivity contribution in [2.75, 3.05) is 0 Å². The number of rotatable bonds is 4.